The summed E-state index contributed by atoms with van der Waals surface area (Å²) in [4.78, 5) is 0. The van der Waals surface area contributed by atoms with Crippen LogP contribution in [-0.2, 0) is 4.74 Å². The van der Waals surface area contributed by atoms with E-state index in [1.165, 1.54) is 0 Å². The van der Waals surface area contributed by atoms with Crippen molar-refractivity contribution in [1.82, 2.24) is 5.32 Å². The SMILES string of the molecule is CCC(O)CCNCCOCC(F)(F)F. The molecule has 92 valence electrons. The van der Waals surface area contributed by atoms with Crippen molar-refractivity contribution in [3.63, 3.8) is 0 Å². The summed E-state index contributed by atoms with van der Waals surface area (Å²) in [6.07, 6.45) is -3.30. The second kappa shape index (κ2) is 7.90. The highest BCUT2D eigenvalue weighted by Gasteiger charge is 2.27. The maximum atomic E-state index is 11.6. The molecule has 0 aliphatic rings. The summed E-state index contributed by atoms with van der Waals surface area (Å²) in [7, 11) is 0. The number of alkyl halides is 3. The van der Waals surface area contributed by atoms with Crippen LogP contribution in [0.25, 0.3) is 0 Å². The van der Waals surface area contributed by atoms with Crippen LogP contribution in [0, 0.1) is 0 Å². The predicted molar refractivity (Wildman–Crippen MR) is 50.7 cm³/mol. The average molecular weight is 229 g/mol. The number of nitrogens with one attached hydrogen (secondary N) is 1. The Morgan fingerprint density at radius 1 is 1.33 bits per heavy atom. The highest BCUT2D eigenvalue weighted by molar-refractivity contribution is 4.55. The zero-order valence-electron chi connectivity index (χ0n) is 8.81. The average Bonchev–Trinajstić information content (AvgIpc) is 2.14. The second-order valence-corrected chi connectivity index (χ2v) is 3.27. The van der Waals surface area contributed by atoms with Gasteiger partial charge in [0.05, 0.1) is 12.7 Å². The summed E-state index contributed by atoms with van der Waals surface area (Å²) in [6, 6.07) is 0. The number of hydrogen-bond donors (Lipinski definition) is 2. The van der Waals surface area contributed by atoms with Crippen LogP contribution in [0.5, 0.6) is 0 Å². The van der Waals surface area contributed by atoms with Crippen molar-refractivity contribution in [1.29, 1.82) is 0 Å². The summed E-state index contributed by atoms with van der Waals surface area (Å²) < 4.78 is 39.2. The van der Waals surface area contributed by atoms with Crippen LogP contribution in [0.4, 0.5) is 13.2 Å². The Morgan fingerprint density at radius 2 is 2.00 bits per heavy atom. The minimum absolute atomic E-state index is 0.0295. The van der Waals surface area contributed by atoms with Crippen LogP contribution in [0.2, 0.25) is 0 Å². The van der Waals surface area contributed by atoms with E-state index in [-0.39, 0.29) is 12.7 Å². The molecule has 0 amide bonds. The van der Waals surface area contributed by atoms with Crippen LogP contribution >= 0.6 is 0 Å². The Morgan fingerprint density at radius 3 is 2.53 bits per heavy atom. The first-order chi connectivity index (χ1) is 6.95. The number of halogens is 3. The van der Waals surface area contributed by atoms with Gasteiger partial charge in [0.15, 0.2) is 0 Å². The van der Waals surface area contributed by atoms with Gasteiger partial charge in [-0.05, 0) is 19.4 Å². The van der Waals surface area contributed by atoms with Crippen LogP contribution in [-0.4, -0.2) is 43.7 Å². The molecule has 2 N–H and O–H groups in total. The van der Waals surface area contributed by atoms with E-state index in [2.05, 4.69) is 10.1 Å². The Hall–Kier alpha value is -0.330. The standard InChI is InChI=1S/C9H18F3NO2/c1-2-8(14)3-4-13-5-6-15-7-9(10,11)12/h8,13-14H,2-7H2,1H3. The lowest BCUT2D eigenvalue weighted by Crippen LogP contribution is -2.26. The number of hydrogen-bond acceptors (Lipinski definition) is 3. The molecular formula is C9H18F3NO2. The van der Waals surface area contributed by atoms with Crippen molar-refractivity contribution < 1.29 is 23.0 Å². The van der Waals surface area contributed by atoms with Crippen molar-refractivity contribution in [2.75, 3.05) is 26.3 Å². The van der Waals surface area contributed by atoms with Crippen molar-refractivity contribution >= 4 is 0 Å². The minimum Gasteiger partial charge on any atom is -0.393 e. The van der Waals surface area contributed by atoms with Crippen molar-refractivity contribution in [2.24, 2.45) is 0 Å². The second-order valence-electron chi connectivity index (χ2n) is 3.27. The fourth-order valence-corrected chi connectivity index (χ4v) is 0.930. The zero-order chi connectivity index (χ0) is 11.7. The normalized spacial score (nSPS) is 14.2. The zero-order valence-corrected chi connectivity index (χ0v) is 8.81. The molecule has 0 rings (SSSR count). The molecule has 3 nitrogen and oxygen atoms in total. The van der Waals surface area contributed by atoms with Crippen molar-refractivity contribution in [2.45, 2.75) is 32.0 Å². The lowest BCUT2D eigenvalue weighted by molar-refractivity contribution is -0.173. The van der Waals surface area contributed by atoms with Gasteiger partial charge < -0.3 is 15.2 Å². The lowest BCUT2D eigenvalue weighted by Gasteiger charge is -2.10. The molecule has 1 atom stereocenters. The Balaban J connectivity index is 3.12. The van der Waals surface area contributed by atoms with Crippen LogP contribution < -0.4 is 5.32 Å². The smallest absolute Gasteiger partial charge is 0.393 e. The van der Waals surface area contributed by atoms with Gasteiger partial charge >= 0.3 is 6.18 Å². The van der Waals surface area contributed by atoms with E-state index in [1.807, 2.05) is 6.92 Å². The van der Waals surface area contributed by atoms with E-state index in [9.17, 15) is 13.2 Å². The van der Waals surface area contributed by atoms with Gasteiger partial charge in [0, 0.05) is 6.54 Å². The Kier molecular flexibility index (Phi) is 7.72. The van der Waals surface area contributed by atoms with E-state index in [1.54, 1.807) is 0 Å². The van der Waals surface area contributed by atoms with Gasteiger partial charge in [-0.1, -0.05) is 6.92 Å². The van der Waals surface area contributed by atoms with E-state index in [0.717, 1.165) is 0 Å². The van der Waals surface area contributed by atoms with Gasteiger partial charge in [-0.3, -0.25) is 0 Å². The van der Waals surface area contributed by atoms with Gasteiger partial charge in [0.25, 0.3) is 0 Å². The molecule has 0 radical (unpaired) electrons. The van der Waals surface area contributed by atoms with Gasteiger partial charge in [-0.15, -0.1) is 0 Å². The first-order valence-corrected chi connectivity index (χ1v) is 4.99. The molecule has 0 bridgehead atoms. The molecule has 0 aliphatic carbocycles. The topological polar surface area (TPSA) is 41.5 Å². The lowest BCUT2D eigenvalue weighted by atomic mass is 10.2. The number of aliphatic hydroxyl groups excluding tert-OH is 1. The fourth-order valence-electron chi connectivity index (χ4n) is 0.930. The first-order valence-electron chi connectivity index (χ1n) is 4.99. The van der Waals surface area contributed by atoms with E-state index in [0.29, 0.717) is 25.9 Å². The third-order valence-corrected chi connectivity index (χ3v) is 1.81. The molecule has 0 fully saturated rings. The van der Waals surface area contributed by atoms with Crippen LogP contribution in [0.3, 0.4) is 0 Å². The summed E-state index contributed by atoms with van der Waals surface area (Å²) in [6.45, 7) is 1.65. The summed E-state index contributed by atoms with van der Waals surface area (Å²) in [5.74, 6) is 0. The van der Waals surface area contributed by atoms with Crippen molar-refractivity contribution in [3.8, 4) is 0 Å². The summed E-state index contributed by atoms with van der Waals surface area (Å²) >= 11 is 0. The van der Waals surface area contributed by atoms with Crippen LogP contribution in [0.1, 0.15) is 19.8 Å². The minimum atomic E-state index is -4.25. The molecule has 0 aromatic rings. The molecule has 1 unspecified atom stereocenters. The van der Waals surface area contributed by atoms with Crippen molar-refractivity contribution in [3.05, 3.63) is 0 Å². The fraction of sp³-hybridized carbons (Fsp3) is 1.00. The molecule has 0 saturated heterocycles. The third kappa shape index (κ3) is 11.6. The maximum Gasteiger partial charge on any atom is 0.411 e. The monoisotopic (exact) mass is 229 g/mol. The predicted octanol–water partition coefficient (Wildman–Crippen LogP) is 1.32. The molecule has 0 saturated carbocycles. The van der Waals surface area contributed by atoms with Gasteiger partial charge in [-0.25, -0.2) is 0 Å². The van der Waals surface area contributed by atoms with E-state index >= 15 is 0 Å². The molecule has 0 heterocycles. The molecule has 15 heavy (non-hydrogen) atoms. The molecule has 0 aromatic carbocycles. The Labute approximate surface area is 87.6 Å². The molecule has 6 heteroatoms. The van der Waals surface area contributed by atoms with Gasteiger partial charge in [0.2, 0.25) is 0 Å². The van der Waals surface area contributed by atoms with Gasteiger partial charge in [-0.2, -0.15) is 13.2 Å². The largest absolute Gasteiger partial charge is 0.411 e. The van der Waals surface area contributed by atoms with Gasteiger partial charge in [0.1, 0.15) is 6.61 Å². The Bertz CT molecular complexity index is 153. The van der Waals surface area contributed by atoms with E-state index in [4.69, 9.17) is 5.11 Å². The molecule has 0 aromatic heterocycles. The number of ether oxygens (including phenoxy) is 1. The highest BCUT2D eigenvalue weighted by Crippen LogP contribution is 2.13. The third-order valence-electron chi connectivity index (χ3n) is 1.81. The first kappa shape index (κ1) is 14.7. The summed E-state index contributed by atoms with van der Waals surface area (Å²) in [5, 5.41) is 12.0. The number of rotatable bonds is 8. The van der Waals surface area contributed by atoms with Crippen LogP contribution in [0.15, 0.2) is 0 Å². The summed E-state index contributed by atoms with van der Waals surface area (Å²) in [5.41, 5.74) is 0. The highest BCUT2D eigenvalue weighted by atomic mass is 19.4. The maximum absolute atomic E-state index is 11.6. The number of aliphatic hydroxyl groups is 1. The molecular weight excluding hydrogens is 211 g/mol. The molecule has 0 aliphatic heterocycles. The van der Waals surface area contributed by atoms with E-state index < -0.39 is 12.8 Å². The molecule has 0 spiro atoms. The quantitative estimate of drug-likeness (QED) is 0.617.